The van der Waals surface area contributed by atoms with Crippen molar-refractivity contribution in [1.82, 2.24) is 24.0 Å². The highest BCUT2D eigenvalue weighted by atomic mass is 16.2. The fourth-order valence-electron chi connectivity index (χ4n) is 3.28. The highest BCUT2D eigenvalue weighted by Crippen LogP contribution is 2.23. The van der Waals surface area contributed by atoms with Crippen LogP contribution in [0.1, 0.15) is 44.6 Å². The lowest BCUT2D eigenvalue weighted by Crippen LogP contribution is -2.40. The van der Waals surface area contributed by atoms with E-state index < -0.39 is 0 Å². The Labute approximate surface area is 128 Å². The minimum absolute atomic E-state index is 0.00579. The first-order chi connectivity index (χ1) is 10.5. The second-order valence-electron chi connectivity index (χ2n) is 6.12. The van der Waals surface area contributed by atoms with Crippen LogP contribution in [0.2, 0.25) is 0 Å². The van der Waals surface area contributed by atoms with Crippen molar-refractivity contribution >= 4 is 11.2 Å². The molecule has 2 atom stereocenters. The zero-order valence-corrected chi connectivity index (χ0v) is 13.6. The second kappa shape index (κ2) is 5.39. The summed E-state index contributed by atoms with van der Waals surface area (Å²) in [5.41, 5.74) is 0.522. The number of imidazole rings is 1. The molecule has 120 valence electrons. The highest BCUT2D eigenvalue weighted by Gasteiger charge is 2.26. The molecular formula is C15H23N5O2. The van der Waals surface area contributed by atoms with Crippen LogP contribution in [0.15, 0.2) is 9.59 Å². The third-order valence-electron chi connectivity index (χ3n) is 4.73. The first kappa shape index (κ1) is 15.0. The van der Waals surface area contributed by atoms with Crippen LogP contribution in [0, 0.1) is 6.92 Å². The average Bonchev–Trinajstić information content (AvgIpc) is 3.12. The lowest BCUT2D eigenvalue weighted by Gasteiger charge is -2.17. The van der Waals surface area contributed by atoms with Gasteiger partial charge in [-0.2, -0.15) is 0 Å². The summed E-state index contributed by atoms with van der Waals surface area (Å²) in [5.74, 6) is 0.795. The molecule has 1 N–H and O–H groups in total. The van der Waals surface area contributed by atoms with Crippen LogP contribution in [0.5, 0.6) is 0 Å². The SMILES string of the molecule is CCC(C)n1c(=O)n(C)c(=O)c2c1nc(C)n2C1CCNC1. The molecule has 1 fully saturated rings. The fraction of sp³-hybridized carbons (Fsp3) is 0.667. The van der Waals surface area contributed by atoms with Gasteiger partial charge in [-0.05, 0) is 33.2 Å². The first-order valence-corrected chi connectivity index (χ1v) is 7.88. The van der Waals surface area contributed by atoms with Crippen molar-refractivity contribution in [2.45, 2.75) is 45.7 Å². The molecule has 0 radical (unpaired) electrons. The van der Waals surface area contributed by atoms with Crippen LogP contribution >= 0.6 is 0 Å². The molecule has 3 rings (SSSR count). The van der Waals surface area contributed by atoms with E-state index in [1.165, 1.54) is 4.57 Å². The largest absolute Gasteiger partial charge is 0.332 e. The number of hydrogen-bond donors (Lipinski definition) is 1. The van der Waals surface area contributed by atoms with E-state index in [9.17, 15) is 9.59 Å². The van der Waals surface area contributed by atoms with E-state index in [-0.39, 0.29) is 23.3 Å². The number of hydrogen-bond acceptors (Lipinski definition) is 4. The number of nitrogens with one attached hydrogen (secondary N) is 1. The van der Waals surface area contributed by atoms with Crippen molar-refractivity contribution in [1.29, 1.82) is 0 Å². The molecule has 0 amide bonds. The lowest BCUT2D eigenvalue weighted by atomic mass is 10.2. The molecule has 0 bridgehead atoms. The number of aryl methyl sites for hydroxylation is 1. The van der Waals surface area contributed by atoms with E-state index in [1.54, 1.807) is 11.6 Å². The van der Waals surface area contributed by atoms with Crippen molar-refractivity contribution in [3.63, 3.8) is 0 Å². The van der Waals surface area contributed by atoms with Gasteiger partial charge in [0.1, 0.15) is 5.82 Å². The fourth-order valence-corrected chi connectivity index (χ4v) is 3.28. The zero-order chi connectivity index (χ0) is 16.0. The summed E-state index contributed by atoms with van der Waals surface area (Å²) in [5, 5.41) is 3.32. The van der Waals surface area contributed by atoms with Gasteiger partial charge in [0, 0.05) is 25.7 Å². The summed E-state index contributed by atoms with van der Waals surface area (Å²) in [7, 11) is 1.54. The van der Waals surface area contributed by atoms with Gasteiger partial charge in [-0.15, -0.1) is 0 Å². The van der Waals surface area contributed by atoms with Gasteiger partial charge in [0.2, 0.25) is 0 Å². The Balaban J connectivity index is 2.41. The van der Waals surface area contributed by atoms with Crippen LogP contribution in [0.4, 0.5) is 0 Å². The second-order valence-corrected chi connectivity index (χ2v) is 6.12. The Morgan fingerprint density at radius 2 is 2.14 bits per heavy atom. The van der Waals surface area contributed by atoms with Crippen LogP contribution in [-0.4, -0.2) is 31.8 Å². The summed E-state index contributed by atoms with van der Waals surface area (Å²) in [6.45, 7) is 7.69. The van der Waals surface area contributed by atoms with Crippen molar-refractivity contribution in [2.24, 2.45) is 7.05 Å². The van der Waals surface area contributed by atoms with E-state index >= 15 is 0 Å². The third kappa shape index (κ3) is 2.03. The molecule has 2 aromatic rings. The Morgan fingerprint density at radius 1 is 1.41 bits per heavy atom. The van der Waals surface area contributed by atoms with Gasteiger partial charge >= 0.3 is 5.69 Å². The maximum Gasteiger partial charge on any atom is 0.332 e. The van der Waals surface area contributed by atoms with E-state index in [4.69, 9.17) is 0 Å². The summed E-state index contributed by atoms with van der Waals surface area (Å²) in [6, 6.07) is 0.229. The van der Waals surface area contributed by atoms with Crippen LogP contribution < -0.4 is 16.6 Å². The van der Waals surface area contributed by atoms with Gasteiger partial charge < -0.3 is 9.88 Å². The molecule has 3 heterocycles. The first-order valence-electron chi connectivity index (χ1n) is 7.88. The molecule has 1 aliphatic heterocycles. The van der Waals surface area contributed by atoms with Gasteiger partial charge in [0.15, 0.2) is 11.2 Å². The Bertz CT molecular complexity index is 823. The standard InChI is InChI=1S/C15H23N5O2/c1-5-9(2)19-13-12(14(21)18(4)15(19)22)20(10(3)17-13)11-6-7-16-8-11/h9,11,16H,5-8H2,1-4H3. The van der Waals surface area contributed by atoms with Gasteiger partial charge in [0.25, 0.3) is 5.56 Å². The third-order valence-corrected chi connectivity index (χ3v) is 4.73. The normalized spacial score (nSPS) is 19.9. The molecule has 22 heavy (non-hydrogen) atoms. The van der Waals surface area contributed by atoms with Gasteiger partial charge in [-0.25, -0.2) is 9.78 Å². The van der Waals surface area contributed by atoms with Crippen LogP contribution in [-0.2, 0) is 7.05 Å². The molecule has 1 aliphatic rings. The van der Waals surface area contributed by atoms with E-state index in [0.717, 1.165) is 31.8 Å². The molecule has 0 aromatic carbocycles. The predicted octanol–water partition coefficient (Wildman–Crippen LogP) is 0.711. The van der Waals surface area contributed by atoms with Gasteiger partial charge in [-0.1, -0.05) is 6.92 Å². The Hall–Kier alpha value is -1.89. The molecule has 0 aliphatic carbocycles. The maximum atomic E-state index is 12.7. The van der Waals surface area contributed by atoms with E-state index in [2.05, 4.69) is 10.3 Å². The molecule has 2 unspecified atom stereocenters. The van der Waals surface area contributed by atoms with Gasteiger partial charge in [0.05, 0.1) is 0 Å². The molecule has 0 spiro atoms. The van der Waals surface area contributed by atoms with Crippen molar-refractivity contribution < 1.29 is 0 Å². The van der Waals surface area contributed by atoms with Gasteiger partial charge in [-0.3, -0.25) is 13.9 Å². The minimum atomic E-state index is -0.291. The van der Waals surface area contributed by atoms with Crippen molar-refractivity contribution in [2.75, 3.05) is 13.1 Å². The van der Waals surface area contributed by atoms with Crippen molar-refractivity contribution in [3.8, 4) is 0 Å². The molecule has 1 saturated heterocycles. The highest BCUT2D eigenvalue weighted by molar-refractivity contribution is 5.71. The summed E-state index contributed by atoms with van der Waals surface area (Å²) in [4.78, 5) is 29.8. The molecular weight excluding hydrogens is 282 g/mol. The molecule has 0 saturated carbocycles. The van der Waals surface area contributed by atoms with Crippen LogP contribution in [0.3, 0.4) is 0 Å². The number of fused-ring (bicyclic) bond motifs is 1. The summed E-state index contributed by atoms with van der Waals surface area (Å²) < 4.78 is 4.87. The number of nitrogens with zero attached hydrogens (tertiary/aromatic N) is 4. The minimum Gasteiger partial charge on any atom is -0.318 e. The Morgan fingerprint density at radius 3 is 2.73 bits per heavy atom. The number of rotatable bonds is 3. The predicted molar refractivity (Wildman–Crippen MR) is 85.5 cm³/mol. The monoisotopic (exact) mass is 305 g/mol. The Kier molecular flexibility index (Phi) is 3.68. The molecule has 2 aromatic heterocycles. The average molecular weight is 305 g/mol. The smallest absolute Gasteiger partial charge is 0.318 e. The van der Waals surface area contributed by atoms with Crippen molar-refractivity contribution in [3.05, 3.63) is 26.7 Å². The zero-order valence-electron chi connectivity index (χ0n) is 13.6. The maximum absolute atomic E-state index is 12.7. The topological polar surface area (TPSA) is 73.8 Å². The number of aromatic nitrogens is 4. The van der Waals surface area contributed by atoms with E-state index in [0.29, 0.717) is 11.2 Å². The van der Waals surface area contributed by atoms with E-state index in [1.807, 2.05) is 25.3 Å². The van der Waals surface area contributed by atoms with Crippen LogP contribution in [0.25, 0.3) is 11.2 Å². The summed E-state index contributed by atoms with van der Waals surface area (Å²) in [6.07, 6.45) is 1.78. The molecule has 7 heteroatoms. The lowest BCUT2D eigenvalue weighted by molar-refractivity contribution is 0.497. The summed E-state index contributed by atoms with van der Waals surface area (Å²) >= 11 is 0. The quantitative estimate of drug-likeness (QED) is 0.906. The molecule has 7 nitrogen and oxygen atoms in total.